The van der Waals surface area contributed by atoms with E-state index in [1.165, 1.54) is 12.1 Å². The van der Waals surface area contributed by atoms with Crippen LogP contribution in [0.25, 0.3) is 0 Å². The second-order valence-corrected chi connectivity index (χ2v) is 4.37. The van der Waals surface area contributed by atoms with Crippen molar-refractivity contribution in [3.8, 4) is 0 Å². The highest BCUT2D eigenvalue weighted by molar-refractivity contribution is 6.32. The molecule has 9 heteroatoms. The minimum absolute atomic E-state index is 0.0649. The Bertz CT molecular complexity index is 738. The van der Waals surface area contributed by atoms with Crippen LogP contribution in [0.3, 0.4) is 0 Å². The molecule has 0 fully saturated rings. The van der Waals surface area contributed by atoms with Gasteiger partial charge in [0.1, 0.15) is 16.7 Å². The predicted molar refractivity (Wildman–Crippen MR) is 74.7 cm³/mol. The molecule has 0 aliphatic rings. The predicted octanol–water partition coefficient (Wildman–Crippen LogP) is 2.62. The highest BCUT2D eigenvalue weighted by Gasteiger charge is 2.16. The van der Waals surface area contributed by atoms with Gasteiger partial charge in [0.05, 0.1) is 16.7 Å². The summed E-state index contributed by atoms with van der Waals surface area (Å²) < 4.78 is 13.1. The number of nitro groups is 1. The summed E-state index contributed by atoms with van der Waals surface area (Å²) in [6, 6.07) is 4.64. The van der Waals surface area contributed by atoms with Crippen LogP contribution in [0.5, 0.6) is 0 Å². The molecule has 0 aliphatic carbocycles. The number of carbonyl (C=O) groups is 1. The Kier molecular flexibility index (Phi) is 3.99. The number of amides is 1. The van der Waals surface area contributed by atoms with Crippen LogP contribution in [0, 0.1) is 15.9 Å². The minimum Gasteiger partial charge on any atom is -0.383 e. The number of nitrogens with zero attached hydrogens (tertiary/aromatic N) is 2. The van der Waals surface area contributed by atoms with E-state index < -0.39 is 16.6 Å². The fraction of sp³-hybridized carbons (Fsp3) is 0. The van der Waals surface area contributed by atoms with Crippen molar-refractivity contribution >= 4 is 34.7 Å². The second kappa shape index (κ2) is 5.71. The van der Waals surface area contributed by atoms with Crippen LogP contribution in [0.4, 0.5) is 21.6 Å². The number of pyridine rings is 1. The highest BCUT2D eigenvalue weighted by atomic mass is 35.5. The van der Waals surface area contributed by atoms with Gasteiger partial charge >= 0.3 is 0 Å². The smallest absolute Gasteiger partial charge is 0.289 e. The molecular formula is C12H8ClFN4O3. The van der Waals surface area contributed by atoms with Crippen molar-refractivity contribution < 1.29 is 14.1 Å². The van der Waals surface area contributed by atoms with Crippen molar-refractivity contribution in [3.05, 3.63) is 57.0 Å². The number of nitrogen functional groups attached to an aromatic ring is 1. The van der Waals surface area contributed by atoms with Crippen molar-refractivity contribution in [2.24, 2.45) is 0 Å². The first-order chi connectivity index (χ1) is 9.88. The van der Waals surface area contributed by atoms with Crippen LogP contribution in [-0.2, 0) is 0 Å². The third kappa shape index (κ3) is 3.23. The van der Waals surface area contributed by atoms with E-state index in [-0.39, 0.29) is 27.8 Å². The zero-order chi connectivity index (χ0) is 15.6. The number of rotatable bonds is 3. The lowest BCUT2D eigenvalue weighted by molar-refractivity contribution is -0.384. The molecule has 3 N–H and O–H groups in total. The normalized spacial score (nSPS) is 10.2. The van der Waals surface area contributed by atoms with Crippen LogP contribution in [-0.4, -0.2) is 15.8 Å². The van der Waals surface area contributed by atoms with E-state index in [4.69, 9.17) is 17.3 Å². The number of hydrogen-bond acceptors (Lipinski definition) is 5. The van der Waals surface area contributed by atoms with Crippen molar-refractivity contribution in [1.29, 1.82) is 0 Å². The maximum absolute atomic E-state index is 13.1. The summed E-state index contributed by atoms with van der Waals surface area (Å²) in [5.41, 5.74) is 5.07. The van der Waals surface area contributed by atoms with E-state index in [9.17, 15) is 19.3 Å². The Morgan fingerprint density at radius 2 is 2.14 bits per heavy atom. The monoisotopic (exact) mass is 310 g/mol. The number of nitrogens with one attached hydrogen (secondary N) is 1. The molecule has 21 heavy (non-hydrogen) atoms. The molecule has 108 valence electrons. The van der Waals surface area contributed by atoms with Crippen molar-refractivity contribution in [2.45, 2.75) is 0 Å². The van der Waals surface area contributed by atoms with E-state index in [1.54, 1.807) is 0 Å². The standard InChI is InChI=1S/C12H8ClFN4O3/c13-9-2-1-7(4-10(9)18(20)21)17-12(19)8-3-6(14)5-16-11(8)15/h1-5H,(H2,15,16)(H,17,19). The first-order valence-electron chi connectivity index (χ1n) is 5.55. The quantitative estimate of drug-likeness (QED) is 0.668. The van der Waals surface area contributed by atoms with E-state index in [1.807, 2.05) is 0 Å². The van der Waals surface area contributed by atoms with Gasteiger partial charge in [-0.2, -0.15) is 0 Å². The second-order valence-electron chi connectivity index (χ2n) is 3.96. The van der Waals surface area contributed by atoms with Crippen molar-refractivity contribution in [1.82, 2.24) is 4.98 Å². The summed E-state index contributed by atoms with van der Waals surface area (Å²) in [6.45, 7) is 0. The summed E-state index contributed by atoms with van der Waals surface area (Å²) in [5.74, 6) is -1.62. The van der Waals surface area contributed by atoms with E-state index in [2.05, 4.69) is 10.3 Å². The number of nitro benzene ring substituents is 1. The fourth-order valence-corrected chi connectivity index (χ4v) is 1.75. The van der Waals surface area contributed by atoms with Gasteiger partial charge < -0.3 is 11.1 Å². The molecule has 0 saturated carbocycles. The molecule has 7 nitrogen and oxygen atoms in total. The number of benzene rings is 1. The molecule has 0 spiro atoms. The van der Waals surface area contributed by atoms with Gasteiger partial charge in [-0.15, -0.1) is 0 Å². The molecular weight excluding hydrogens is 303 g/mol. The molecule has 1 aromatic heterocycles. The van der Waals surface area contributed by atoms with Crippen molar-refractivity contribution in [2.75, 3.05) is 11.1 Å². The van der Waals surface area contributed by atoms with Crippen LogP contribution in [0.1, 0.15) is 10.4 Å². The van der Waals surface area contributed by atoms with Crippen LogP contribution in [0.15, 0.2) is 30.5 Å². The lowest BCUT2D eigenvalue weighted by atomic mass is 10.2. The summed E-state index contributed by atoms with van der Waals surface area (Å²) in [5, 5.41) is 13.1. The first kappa shape index (κ1) is 14.7. The van der Waals surface area contributed by atoms with Gasteiger partial charge in [-0.25, -0.2) is 9.37 Å². The topological polar surface area (TPSA) is 111 Å². The molecule has 1 heterocycles. The molecule has 1 aromatic carbocycles. The lowest BCUT2D eigenvalue weighted by Gasteiger charge is -2.07. The Labute approximate surface area is 122 Å². The average Bonchev–Trinajstić information content (AvgIpc) is 2.43. The Hall–Kier alpha value is -2.74. The fourth-order valence-electron chi connectivity index (χ4n) is 1.56. The largest absolute Gasteiger partial charge is 0.383 e. The molecule has 1 amide bonds. The SMILES string of the molecule is Nc1ncc(F)cc1C(=O)Nc1ccc(Cl)c([N+](=O)[O-])c1. The molecule has 0 radical (unpaired) electrons. The number of halogens is 2. The van der Waals surface area contributed by atoms with Crippen LogP contribution >= 0.6 is 11.6 Å². The van der Waals surface area contributed by atoms with Gasteiger partial charge in [-0.1, -0.05) is 11.6 Å². The van der Waals surface area contributed by atoms with Gasteiger partial charge in [-0.05, 0) is 18.2 Å². The third-order valence-electron chi connectivity index (χ3n) is 2.53. The Morgan fingerprint density at radius 3 is 2.81 bits per heavy atom. The number of aromatic nitrogens is 1. The molecule has 0 unspecified atom stereocenters. The number of hydrogen-bond donors (Lipinski definition) is 2. The molecule has 2 aromatic rings. The molecule has 2 rings (SSSR count). The van der Waals surface area contributed by atoms with E-state index >= 15 is 0 Å². The zero-order valence-corrected chi connectivity index (χ0v) is 11.1. The van der Waals surface area contributed by atoms with E-state index in [0.717, 1.165) is 18.3 Å². The lowest BCUT2D eigenvalue weighted by Crippen LogP contribution is -2.15. The van der Waals surface area contributed by atoms with Gasteiger partial charge in [-0.3, -0.25) is 14.9 Å². The van der Waals surface area contributed by atoms with Gasteiger partial charge in [0.15, 0.2) is 0 Å². The number of nitrogens with two attached hydrogens (primary N) is 1. The number of carbonyl (C=O) groups excluding carboxylic acids is 1. The maximum atomic E-state index is 13.1. The van der Waals surface area contributed by atoms with Gasteiger partial charge in [0, 0.05) is 11.8 Å². The molecule has 0 saturated heterocycles. The van der Waals surface area contributed by atoms with Gasteiger partial charge in [0.25, 0.3) is 11.6 Å². The summed E-state index contributed by atoms with van der Waals surface area (Å²) in [7, 11) is 0. The summed E-state index contributed by atoms with van der Waals surface area (Å²) in [6.07, 6.45) is 0.874. The van der Waals surface area contributed by atoms with Crippen molar-refractivity contribution in [3.63, 3.8) is 0 Å². The van der Waals surface area contributed by atoms with Crippen LogP contribution < -0.4 is 11.1 Å². The summed E-state index contributed by atoms with van der Waals surface area (Å²) >= 11 is 5.66. The molecule has 0 atom stereocenters. The van der Waals surface area contributed by atoms with Crippen LogP contribution in [0.2, 0.25) is 5.02 Å². The Balaban J connectivity index is 2.29. The highest BCUT2D eigenvalue weighted by Crippen LogP contribution is 2.27. The zero-order valence-electron chi connectivity index (χ0n) is 10.3. The number of anilines is 2. The Morgan fingerprint density at radius 1 is 1.43 bits per heavy atom. The molecule has 0 bridgehead atoms. The first-order valence-corrected chi connectivity index (χ1v) is 5.92. The van der Waals surface area contributed by atoms with Gasteiger partial charge in [0.2, 0.25) is 0 Å². The van der Waals surface area contributed by atoms with E-state index in [0.29, 0.717) is 0 Å². The summed E-state index contributed by atoms with van der Waals surface area (Å²) in [4.78, 5) is 25.5. The maximum Gasteiger partial charge on any atom is 0.289 e. The minimum atomic E-state index is -0.740. The average molecular weight is 311 g/mol. The third-order valence-corrected chi connectivity index (χ3v) is 2.85. The molecule has 0 aliphatic heterocycles.